The normalized spacial score (nSPS) is 14.7. The molecule has 1 aromatic heterocycles. The number of benzene rings is 10. The third-order valence-corrected chi connectivity index (χ3v) is 13.5. The molecule has 1 aliphatic carbocycles. The standard InChI is InChI=1S/C62H43N3/c1-3-4-15-40(2)62(51-19-6-5-7-20-51)56-24-13-12-22-55(56)58-54(23-14-25-57(58)62)46-30-26-42-28-33-48(39-50(42)38-46)60-63-59(47-32-27-41-16-8-9-18-44(41)36-47)64-61(65-60)49-34-35-53-45(37-49)31-29-43-17-10-11-21-52(43)53/h3-39H,1-2H3/b4-3-,40-15+. The van der Waals surface area contributed by atoms with Gasteiger partial charge in [-0.1, -0.05) is 206 Å². The molecule has 0 saturated carbocycles. The van der Waals surface area contributed by atoms with Gasteiger partial charge in [0.2, 0.25) is 0 Å². The quantitative estimate of drug-likeness (QED) is 0.119. The molecule has 10 aromatic carbocycles. The van der Waals surface area contributed by atoms with Crippen molar-refractivity contribution in [2.75, 3.05) is 0 Å². The van der Waals surface area contributed by atoms with Crippen LogP contribution in [0, 0.1) is 0 Å². The van der Waals surface area contributed by atoms with Gasteiger partial charge in [-0.05, 0) is 120 Å². The highest BCUT2D eigenvalue weighted by atomic mass is 15.0. The van der Waals surface area contributed by atoms with Gasteiger partial charge in [0, 0.05) is 16.7 Å². The summed E-state index contributed by atoms with van der Waals surface area (Å²) in [6.45, 7) is 4.36. The van der Waals surface area contributed by atoms with E-state index in [0.717, 1.165) is 43.8 Å². The van der Waals surface area contributed by atoms with E-state index in [-0.39, 0.29) is 0 Å². The van der Waals surface area contributed by atoms with Crippen molar-refractivity contribution in [1.29, 1.82) is 0 Å². The van der Waals surface area contributed by atoms with Gasteiger partial charge in [-0.25, -0.2) is 15.0 Å². The fourth-order valence-electron chi connectivity index (χ4n) is 10.4. The number of allylic oxidation sites excluding steroid dienone is 4. The summed E-state index contributed by atoms with van der Waals surface area (Å²) in [5.74, 6) is 1.92. The predicted octanol–water partition coefficient (Wildman–Crippen LogP) is 16.0. The summed E-state index contributed by atoms with van der Waals surface area (Å²) in [5, 5.41) is 9.41. The molecular formula is C62H43N3. The molecule has 1 atom stereocenters. The van der Waals surface area contributed by atoms with Crippen LogP contribution < -0.4 is 0 Å². The number of rotatable bonds is 7. The molecule has 11 aromatic rings. The Morgan fingerprint density at radius 3 is 1.66 bits per heavy atom. The lowest BCUT2D eigenvalue weighted by atomic mass is 9.67. The van der Waals surface area contributed by atoms with Gasteiger partial charge in [-0.15, -0.1) is 0 Å². The fourth-order valence-corrected chi connectivity index (χ4v) is 10.4. The Morgan fingerprint density at radius 1 is 0.400 bits per heavy atom. The van der Waals surface area contributed by atoms with Crippen molar-refractivity contribution in [3.8, 4) is 56.4 Å². The van der Waals surface area contributed by atoms with E-state index in [2.05, 4.69) is 238 Å². The summed E-state index contributed by atoms with van der Waals surface area (Å²) in [4.78, 5) is 15.6. The van der Waals surface area contributed by atoms with E-state index in [1.165, 1.54) is 60.5 Å². The minimum Gasteiger partial charge on any atom is -0.208 e. The van der Waals surface area contributed by atoms with Gasteiger partial charge < -0.3 is 0 Å². The largest absolute Gasteiger partial charge is 0.208 e. The number of nitrogens with zero attached hydrogens (tertiary/aromatic N) is 3. The molecule has 1 aliphatic rings. The van der Waals surface area contributed by atoms with E-state index >= 15 is 0 Å². The highest BCUT2D eigenvalue weighted by molar-refractivity contribution is 6.08. The van der Waals surface area contributed by atoms with E-state index in [4.69, 9.17) is 15.0 Å². The molecule has 65 heavy (non-hydrogen) atoms. The first-order valence-corrected chi connectivity index (χ1v) is 22.4. The second-order valence-electron chi connectivity index (χ2n) is 17.1. The van der Waals surface area contributed by atoms with Crippen molar-refractivity contribution < 1.29 is 0 Å². The van der Waals surface area contributed by atoms with Crippen LogP contribution in [0.5, 0.6) is 0 Å². The molecule has 0 aliphatic heterocycles. The first-order chi connectivity index (χ1) is 32.1. The zero-order chi connectivity index (χ0) is 43.5. The van der Waals surface area contributed by atoms with Crippen molar-refractivity contribution in [1.82, 2.24) is 15.0 Å². The van der Waals surface area contributed by atoms with Crippen LogP contribution in [0.4, 0.5) is 0 Å². The summed E-state index contributed by atoms with van der Waals surface area (Å²) >= 11 is 0. The van der Waals surface area contributed by atoms with Crippen molar-refractivity contribution in [2.45, 2.75) is 19.3 Å². The van der Waals surface area contributed by atoms with Gasteiger partial charge >= 0.3 is 0 Å². The maximum Gasteiger partial charge on any atom is 0.164 e. The number of aromatic nitrogens is 3. The average Bonchev–Trinajstić information content (AvgIpc) is 3.68. The zero-order valence-electron chi connectivity index (χ0n) is 36.2. The second kappa shape index (κ2) is 15.5. The van der Waals surface area contributed by atoms with Crippen molar-refractivity contribution >= 4 is 43.1 Å². The van der Waals surface area contributed by atoms with Crippen LogP contribution >= 0.6 is 0 Å². The van der Waals surface area contributed by atoms with E-state index in [9.17, 15) is 0 Å². The summed E-state index contributed by atoms with van der Waals surface area (Å²) in [5.41, 5.74) is 12.5. The highest BCUT2D eigenvalue weighted by Gasteiger charge is 2.46. The maximum atomic E-state index is 5.24. The summed E-state index contributed by atoms with van der Waals surface area (Å²) in [6, 6.07) is 74.6. The monoisotopic (exact) mass is 829 g/mol. The topological polar surface area (TPSA) is 38.7 Å². The molecule has 3 heteroatoms. The van der Waals surface area contributed by atoms with Crippen molar-refractivity contribution in [2.24, 2.45) is 0 Å². The van der Waals surface area contributed by atoms with E-state index in [1.54, 1.807) is 0 Å². The van der Waals surface area contributed by atoms with Crippen molar-refractivity contribution in [3.63, 3.8) is 0 Å². The van der Waals surface area contributed by atoms with Gasteiger partial charge in [-0.2, -0.15) is 0 Å². The van der Waals surface area contributed by atoms with Crippen LogP contribution in [0.15, 0.2) is 230 Å². The molecule has 12 rings (SSSR count). The zero-order valence-corrected chi connectivity index (χ0v) is 36.2. The first-order valence-electron chi connectivity index (χ1n) is 22.4. The SMILES string of the molecule is C/C=C\C=C(/C)C1(c2ccccc2)c2ccccc2-c2c(-c3ccc4ccc(-c5nc(-c6ccc7ccccc7c6)nc(-c6ccc7c(ccc8ccccc87)c6)n5)cc4c3)cccc21. The molecule has 0 amide bonds. The molecule has 0 bridgehead atoms. The van der Waals surface area contributed by atoms with E-state index in [0.29, 0.717) is 17.5 Å². The lowest BCUT2D eigenvalue weighted by Gasteiger charge is -2.34. The Balaban J connectivity index is 1.02. The first kappa shape index (κ1) is 38.4. The summed E-state index contributed by atoms with van der Waals surface area (Å²) < 4.78 is 0. The van der Waals surface area contributed by atoms with Gasteiger partial charge in [0.1, 0.15) is 0 Å². The lowest BCUT2D eigenvalue weighted by molar-refractivity contribution is 0.746. The highest BCUT2D eigenvalue weighted by Crippen LogP contribution is 2.58. The van der Waals surface area contributed by atoms with Crippen LogP contribution in [0.2, 0.25) is 0 Å². The van der Waals surface area contributed by atoms with Crippen LogP contribution in [0.1, 0.15) is 30.5 Å². The molecule has 3 nitrogen and oxygen atoms in total. The Hall–Kier alpha value is -8.27. The molecule has 306 valence electrons. The second-order valence-corrected chi connectivity index (χ2v) is 17.1. The third-order valence-electron chi connectivity index (χ3n) is 13.5. The Kier molecular flexibility index (Phi) is 9.17. The Labute approximate surface area is 378 Å². The Morgan fingerprint density at radius 2 is 0.908 bits per heavy atom. The minimum absolute atomic E-state index is 0.440. The number of hydrogen-bond donors (Lipinski definition) is 0. The lowest BCUT2D eigenvalue weighted by Crippen LogP contribution is -2.28. The van der Waals surface area contributed by atoms with E-state index < -0.39 is 5.41 Å². The maximum absolute atomic E-state index is 5.24. The predicted molar refractivity (Wildman–Crippen MR) is 272 cm³/mol. The summed E-state index contributed by atoms with van der Waals surface area (Å²) in [7, 11) is 0. The van der Waals surface area contributed by atoms with E-state index in [1.807, 2.05) is 0 Å². The molecule has 0 spiro atoms. The van der Waals surface area contributed by atoms with Gasteiger partial charge in [0.25, 0.3) is 0 Å². The smallest absolute Gasteiger partial charge is 0.164 e. The molecule has 0 N–H and O–H groups in total. The fraction of sp³-hybridized carbons (Fsp3) is 0.0484. The van der Waals surface area contributed by atoms with Crippen LogP contribution in [-0.2, 0) is 5.41 Å². The van der Waals surface area contributed by atoms with Crippen LogP contribution in [0.25, 0.3) is 99.5 Å². The Bertz CT molecular complexity index is 3750. The molecule has 0 radical (unpaired) electrons. The van der Waals surface area contributed by atoms with Gasteiger partial charge in [0.05, 0.1) is 5.41 Å². The summed E-state index contributed by atoms with van der Waals surface area (Å²) in [6.07, 6.45) is 6.55. The van der Waals surface area contributed by atoms with Crippen LogP contribution in [-0.4, -0.2) is 15.0 Å². The van der Waals surface area contributed by atoms with Crippen molar-refractivity contribution in [3.05, 3.63) is 247 Å². The molecule has 1 heterocycles. The number of fused-ring (bicyclic) bond motifs is 8. The van der Waals surface area contributed by atoms with Crippen LogP contribution in [0.3, 0.4) is 0 Å². The van der Waals surface area contributed by atoms with Gasteiger partial charge in [0.15, 0.2) is 17.5 Å². The third kappa shape index (κ3) is 6.31. The van der Waals surface area contributed by atoms with Gasteiger partial charge in [-0.3, -0.25) is 0 Å². The molecular weight excluding hydrogens is 787 g/mol. The number of hydrogen-bond acceptors (Lipinski definition) is 3. The average molecular weight is 830 g/mol. The molecule has 0 saturated heterocycles. The molecule has 1 unspecified atom stereocenters. The molecule has 0 fully saturated rings. The minimum atomic E-state index is -0.440.